The molecule has 0 aliphatic rings. The monoisotopic (exact) mass is 390 g/mol. The molecule has 8 nitrogen and oxygen atoms in total. The third-order valence-electron chi connectivity index (χ3n) is 4.17. The molecule has 0 saturated carbocycles. The van der Waals surface area contributed by atoms with E-state index in [-0.39, 0.29) is 18.5 Å². The van der Waals surface area contributed by atoms with Crippen molar-refractivity contribution in [3.05, 3.63) is 70.8 Å². The highest BCUT2D eigenvalue weighted by Crippen LogP contribution is 2.10. The lowest BCUT2D eigenvalue weighted by Gasteiger charge is -2.08. The van der Waals surface area contributed by atoms with Gasteiger partial charge >= 0.3 is 5.97 Å². The molecule has 0 spiro atoms. The molecule has 29 heavy (non-hydrogen) atoms. The van der Waals surface area contributed by atoms with Gasteiger partial charge in [-0.2, -0.15) is 5.26 Å². The summed E-state index contributed by atoms with van der Waals surface area (Å²) in [5.41, 5.74) is 1.74. The largest absolute Gasteiger partial charge is 0.456 e. The predicted molar refractivity (Wildman–Crippen MR) is 106 cm³/mol. The minimum Gasteiger partial charge on any atom is -0.456 e. The van der Waals surface area contributed by atoms with Crippen molar-refractivity contribution in [1.29, 1.82) is 5.26 Å². The molecule has 0 unspecified atom stereocenters. The first-order valence-electron chi connectivity index (χ1n) is 8.92. The molecule has 1 N–H and O–H groups in total. The molecule has 1 heterocycles. The Labute approximate surface area is 166 Å². The van der Waals surface area contributed by atoms with Crippen LogP contribution in [0.1, 0.15) is 12.0 Å². The summed E-state index contributed by atoms with van der Waals surface area (Å²) in [4.78, 5) is 40.3. The van der Waals surface area contributed by atoms with E-state index in [1.807, 2.05) is 6.07 Å². The van der Waals surface area contributed by atoms with Crippen LogP contribution in [-0.2, 0) is 27.3 Å². The molecule has 0 fully saturated rings. The van der Waals surface area contributed by atoms with E-state index in [1.54, 1.807) is 48.5 Å². The number of amides is 1. The second kappa shape index (κ2) is 9.28. The summed E-state index contributed by atoms with van der Waals surface area (Å²) in [6, 6.07) is 15.8. The van der Waals surface area contributed by atoms with Gasteiger partial charge in [0, 0.05) is 12.2 Å². The fourth-order valence-electron chi connectivity index (χ4n) is 2.69. The number of para-hydroxylation sites is 1. The van der Waals surface area contributed by atoms with Crippen molar-refractivity contribution >= 4 is 28.5 Å². The van der Waals surface area contributed by atoms with E-state index in [2.05, 4.69) is 10.3 Å². The predicted octanol–water partition coefficient (Wildman–Crippen LogP) is 2.03. The molecule has 0 bridgehead atoms. The van der Waals surface area contributed by atoms with E-state index >= 15 is 0 Å². The standard InChI is InChI=1S/C21H18N4O4/c22-11-9-15-5-7-16(8-6-15)24-19(26)13-29-20(27)10-12-25-14-23-18-4-2-1-3-17(18)21(25)28/h1-8,14H,9-10,12-13H2,(H,24,26). The van der Waals surface area contributed by atoms with Crippen LogP contribution in [0.4, 0.5) is 5.69 Å². The third kappa shape index (κ3) is 5.26. The Morgan fingerprint density at radius 2 is 1.90 bits per heavy atom. The van der Waals surface area contributed by atoms with Gasteiger partial charge in [-0.3, -0.25) is 19.0 Å². The van der Waals surface area contributed by atoms with Crippen LogP contribution in [0.5, 0.6) is 0 Å². The van der Waals surface area contributed by atoms with Crippen molar-refractivity contribution in [2.75, 3.05) is 11.9 Å². The number of anilines is 1. The van der Waals surface area contributed by atoms with E-state index < -0.39 is 18.5 Å². The van der Waals surface area contributed by atoms with Crippen molar-refractivity contribution in [1.82, 2.24) is 9.55 Å². The van der Waals surface area contributed by atoms with Crippen molar-refractivity contribution in [3.63, 3.8) is 0 Å². The lowest BCUT2D eigenvalue weighted by atomic mass is 10.1. The molecule has 0 aliphatic carbocycles. The fraction of sp³-hybridized carbons (Fsp3) is 0.190. The number of aryl methyl sites for hydroxylation is 1. The number of ether oxygens (including phenoxy) is 1. The molecular weight excluding hydrogens is 372 g/mol. The maximum atomic E-state index is 12.4. The number of hydrogen-bond donors (Lipinski definition) is 1. The number of aromatic nitrogens is 2. The van der Waals surface area contributed by atoms with E-state index in [9.17, 15) is 14.4 Å². The number of nitrogens with zero attached hydrogens (tertiary/aromatic N) is 3. The number of esters is 1. The summed E-state index contributed by atoms with van der Waals surface area (Å²) in [6.45, 7) is -0.318. The highest BCUT2D eigenvalue weighted by Gasteiger charge is 2.10. The summed E-state index contributed by atoms with van der Waals surface area (Å²) >= 11 is 0. The molecule has 2 aromatic carbocycles. The van der Waals surface area contributed by atoms with E-state index in [0.717, 1.165) is 5.56 Å². The smallest absolute Gasteiger partial charge is 0.308 e. The maximum Gasteiger partial charge on any atom is 0.308 e. The van der Waals surface area contributed by atoms with Gasteiger partial charge in [-0.05, 0) is 29.8 Å². The molecule has 0 aliphatic heterocycles. The van der Waals surface area contributed by atoms with Gasteiger partial charge in [0.05, 0.1) is 36.1 Å². The zero-order chi connectivity index (χ0) is 20.6. The van der Waals surface area contributed by atoms with Gasteiger partial charge < -0.3 is 10.1 Å². The van der Waals surface area contributed by atoms with Crippen LogP contribution < -0.4 is 10.9 Å². The lowest BCUT2D eigenvalue weighted by Crippen LogP contribution is -2.24. The third-order valence-corrected chi connectivity index (χ3v) is 4.17. The number of nitriles is 1. The Hall–Kier alpha value is -3.99. The molecule has 146 valence electrons. The van der Waals surface area contributed by atoms with E-state index in [1.165, 1.54) is 10.9 Å². The van der Waals surface area contributed by atoms with Gasteiger partial charge in [0.25, 0.3) is 11.5 Å². The van der Waals surface area contributed by atoms with Crippen molar-refractivity contribution in [2.45, 2.75) is 19.4 Å². The van der Waals surface area contributed by atoms with Crippen LogP contribution in [-0.4, -0.2) is 28.0 Å². The van der Waals surface area contributed by atoms with Crippen LogP contribution in [0.25, 0.3) is 10.9 Å². The summed E-state index contributed by atoms with van der Waals surface area (Å²) in [6.07, 6.45) is 1.62. The minimum atomic E-state index is -0.593. The van der Waals surface area contributed by atoms with Gasteiger partial charge in [0.1, 0.15) is 0 Å². The van der Waals surface area contributed by atoms with Gasteiger partial charge in [0.2, 0.25) is 0 Å². The summed E-state index contributed by atoms with van der Waals surface area (Å²) < 4.78 is 6.30. The number of hydrogen-bond acceptors (Lipinski definition) is 6. The first-order chi connectivity index (χ1) is 14.1. The summed E-state index contributed by atoms with van der Waals surface area (Å²) in [5.74, 6) is -1.07. The number of rotatable bonds is 7. The number of benzene rings is 2. The average molecular weight is 390 g/mol. The highest BCUT2D eigenvalue weighted by atomic mass is 16.5. The lowest BCUT2D eigenvalue weighted by molar-refractivity contribution is -0.147. The minimum absolute atomic E-state index is 0.0595. The van der Waals surface area contributed by atoms with Crippen LogP contribution >= 0.6 is 0 Å². The molecule has 0 atom stereocenters. The normalized spacial score (nSPS) is 10.3. The summed E-state index contributed by atoms with van der Waals surface area (Å²) in [7, 11) is 0. The van der Waals surface area contributed by atoms with Crippen molar-refractivity contribution in [3.8, 4) is 6.07 Å². The fourth-order valence-corrected chi connectivity index (χ4v) is 2.69. The number of nitrogens with one attached hydrogen (secondary N) is 1. The van der Waals surface area contributed by atoms with Crippen molar-refractivity contribution in [2.24, 2.45) is 0 Å². The Kier molecular flexibility index (Phi) is 6.32. The molecule has 0 radical (unpaired) electrons. The topological polar surface area (TPSA) is 114 Å². The maximum absolute atomic E-state index is 12.4. The zero-order valence-electron chi connectivity index (χ0n) is 15.5. The SMILES string of the molecule is N#CCc1ccc(NC(=O)COC(=O)CCn2cnc3ccccc3c2=O)cc1. The van der Waals surface area contributed by atoms with Gasteiger partial charge in [0.15, 0.2) is 6.61 Å². The molecule has 8 heteroatoms. The first kappa shape index (κ1) is 19.8. The first-order valence-corrected chi connectivity index (χ1v) is 8.92. The van der Waals surface area contributed by atoms with Crippen LogP contribution in [0, 0.1) is 11.3 Å². The molecular formula is C21H18N4O4. The van der Waals surface area contributed by atoms with E-state index in [0.29, 0.717) is 23.0 Å². The van der Waals surface area contributed by atoms with Crippen LogP contribution in [0.2, 0.25) is 0 Å². The Balaban J connectivity index is 1.47. The number of fused-ring (bicyclic) bond motifs is 1. The molecule has 3 aromatic rings. The highest BCUT2D eigenvalue weighted by molar-refractivity contribution is 5.92. The van der Waals surface area contributed by atoms with Gasteiger partial charge in [-0.25, -0.2) is 4.98 Å². The molecule has 1 amide bonds. The average Bonchev–Trinajstić information content (AvgIpc) is 2.73. The quantitative estimate of drug-likeness (QED) is 0.618. The Morgan fingerprint density at radius 1 is 1.14 bits per heavy atom. The van der Waals surface area contributed by atoms with E-state index in [4.69, 9.17) is 10.00 Å². The van der Waals surface area contributed by atoms with Crippen LogP contribution in [0.15, 0.2) is 59.7 Å². The molecule has 3 rings (SSSR count). The van der Waals surface area contributed by atoms with Crippen LogP contribution in [0.3, 0.4) is 0 Å². The number of carbonyl (C=O) groups is 2. The molecule has 0 saturated heterocycles. The number of carbonyl (C=O) groups excluding carboxylic acids is 2. The van der Waals surface area contributed by atoms with Gasteiger partial charge in [-0.15, -0.1) is 0 Å². The second-order valence-corrected chi connectivity index (χ2v) is 6.25. The second-order valence-electron chi connectivity index (χ2n) is 6.25. The zero-order valence-corrected chi connectivity index (χ0v) is 15.5. The Bertz CT molecular complexity index is 1130. The van der Waals surface area contributed by atoms with Crippen molar-refractivity contribution < 1.29 is 14.3 Å². The molecule has 1 aromatic heterocycles. The van der Waals surface area contributed by atoms with Gasteiger partial charge in [-0.1, -0.05) is 24.3 Å². The Morgan fingerprint density at radius 3 is 2.66 bits per heavy atom. The summed E-state index contributed by atoms with van der Waals surface area (Å²) in [5, 5.41) is 11.7.